The molecule has 27 N–H and O–H groups in total. The number of aldehydes is 1. The van der Waals surface area contributed by atoms with Gasteiger partial charge >= 0.3 is 30.1 Å². The number of fused-ring (bicyclic) bond motifs is 1. The van der Waals surface area contributed by atoms with E-state index < -0.39 is 114 Å². The lowest BCUT2D eigenvalue weighted by Gasteiger charge is -2.27. The lowest BCUT2D eigenvalue weighted by atomic mass is 9.97. The average molecular weight is 1310 g/mol. The maximum Gasteiger partial charge on any atom is 0.315 e. The van der Waals surface area contributed by atoms with Gasteiger partial charge in [0.25, 0.3) is 0 Å². The van der Waals surface area contributed by atoms with E-state index in [1.165, 1.54) is 6.92 Å². The van der Waals surface area contributed by atoms with E-state index in [1.807, 2.05) is 63.2 Å². The molecule has 2 rings (SSSR count). The van der Waals surface area contributed by atoms with Crippen molar-refractivity contribution >= 4 is 88.6 Å². The van der Waals surface area contributed by atoms with Crippen LogP contribution in [-0.2, 0) is 40.0 Å². The number of nitrogens with zero attached hydrogens (tertiary/aromatic N) is 2. The van der Waals surface area contributed by atoms with Crippen molar-refractivity contribution in [3.63, 3.8) is 0 Å². The van der Waals surface area contributed by atoms with Crippen molar-refractivity contribution in [2.45, 2.75) is 179 Å². The number of benzene rings is 2. The molecule has 0 saturated heterocycles. The first kappa shape index (κ1) is 79.8. The second-order valence-corrected chi connectivity index (χ2v) is 23.3. The van der Waals surface area contributed by atoms with E-state index in [4.69, 9.17) is 45.2 Å². The number of hydrogen-bond donors (Lipinski definition) is 20. The minimum absolute atomic E-state index is 0.0129. The van der Waals surface area contributed by atoms with E-state index >= 15 is 0 Å². The Morgan fingerprint density at radius 1 is 0.538 bits per heavy atom. The molecule has 33 nitrogen and oxygen atoms in total. The molecule has 0 aromatic heterocycles. The Bertz CT molecular complexity index is 2780. The van der Waals surface area contributed by atoms with Gasteiger partial charge in [-0.25, -0.2) is 19.2 Å². The van der Waals surface area contributed by atoms with Crippen LogP contribution in [0, 0.1) is 11.8 Å². The molecular weight excluding hydrogens is 1210 g/mol. The number of nitrogens with one attached hydrogen (secondary N) is 12. The molecule has 93 heavy (non-hydrogen) atoms. The number of nitrogens with two attached hydrogens (primary N) is 7. The quantitative estimate of drug-likeness (QED) is 0.0148. The zero-order chi connectivity index (χ0) is 69.4. The summed E-state index contributed by atoms with van der Waals surface area (Å²) < 4.78 is 0. The van der Waals surface area contributed by atoms with Crippen LogP contribution < -0.4 is 104 Å². The third-order valence-corrected chi connectivity index (χ3v) is 14.8. The number of aliphatic imine (C=N–C) groups is 2. The molecule has 0 aliphatic rings. The number of carbonyl (C=O) groups excluding carboxylic acids is 10. The highest BCUT2D eigenvalue weighted by Gasteiger charge is 2.32. The SMILES string of the molecule is CC[C@H](C)[C@H](NC(=O)[C@H](CCCN=C(N)N)NC(=O)NC[C@H](CCC(N)=O)NC(=O)NC[C@H](CC(C)C)NC(=O)NC[C@H](CCCN=C(N)N)NC(=O)NC[C@H](Cc1cccc2ccccc12)NC(=O)[C@H](CCCCN)NC(=O)[C@@H](N)CCC(=O)O)C(=O)N[C@@H](C)C=O. The zero-order valence-electron chi connectivity index (χ0n) is 54.2. The highest BCUT2D eigenvalue weighted by Crippen LogP contribution is 2.20. The first-order valence-electron chi connectivity index (χ1n) is 31.5. The van der Waals surface area contributed by atoms with Crippen LogP contribution in [0.25, 0.3) is 10.8 Å². The molecule has 0 aliphatic heterocycles. The van der Waals surface area contributed by atoms with Crippen LogP contribution in [0.15, 0.2) is 52.4 Å². The summed E-state index contributed by atoms with van der Waals surface area (Å²) in [6.45, 7) is 8.97. The van der Waals surface area contributed by atoms with Gasteiger partial charge < -0.3 is 114 Å². The molecule has 520 valence electrons. The second-order valence-electron chi connectivity index (χ2n) is 23.3. The molecule has 13 amide bonds. The highest BCUT2D eigenvalue weighted by molar-refractivity contribution is 5.93. The Hall–Kier alpha value is -9.27. The lowest BCUT2D eigenvalue weighted by Crippen LogP contribution is -2.58. The van der Waals surface area contributed by atoms with E-state index in [1.54, 1.807) is 6.92 Å². The van der Waals surface area contributed by atoms with E-state index in [0.717, 1.165) is 16.3 Å². The molecule has 0 fully saturated rings. The van der Waals surface area contributed by atoms with Crippen LogP contribution in [-0.4, -0.2) is 183 Å². The van der Waals surface area contributed by atoms with E-state index in [0.29, 0.717) is 44.9 Å². The van der Waals surface area contributed by atoms with Crippen LogP contribution >= 0.6 is 0 Å². The zero-order valence-corrected chi connectivity index (χ0v) is 54.2. The van der Waals surface area contributed by atoms with Crippen LogP contribution in [0.3, 0.4) is 0 Å². The second kappa shape index (κ2) is 44.3. The molecule has 0 heterocycles. The van der Waals surface area contributed by atoms with Gasteiger partial charge in [0.1, 0.15) is 24.4 Å². The number of hydrogen-bond acceptors (Lipinski definition) is 15. The highest BCUT2D eigenvalue weighted by atomic mass is 16.4. The number of carboxylic acid groups (broad SMARTS) is 1. The molecular formula is C60H103N21O12. The molecule has 0 aliphatic carbocycles. The Balaban J connectivity index is 2.25. The van der Waals surface area contributed by atoms with Gasteiger partial charge in [0.15, 0.2) is 11.9 Å². The molecule has 0 radical (unpaired) electrons. The fourth-order valence-electron chi connectivity index (χ4n) is 9.60. The van der Waals surface area contributed by atoms with Crippen molar-refractivity contribution in [1.82, 2.24) is 63.8 Å². The summed E-state index contributed by atoms with van der Waals surface area (Å²) in [7, 11) is 0. The summed E-state index contributed by atoms with van der Waals surface area (Å²) in [5, 5.41) is 44.0. The van der Waals surface area contributed by atoms with Crippen molar-refractivity contribution in [2.75, 3.05) is 45.8 Å². The Morgan fingerprint density at radius 3 is 1.61 bits per heavy atom. The minimum atomic E-state index is -1.21. The standard InChI is InChI=1S/C60H103N21O12/c1-6-36(4)50(54(89)74-37(5)34-82)81-53(88)47(20-13-27-69-56(66)67)80-60(93)71-31-41(21-23-48(63)83)77-58(91)72-32-42(28-35(2)3)78-59(92)70-30-40(17-12-26-68-55(64)65)76-57(90)73-33-43(29-39-16-11-15-38-14-7-8-18-44(38)39)75-52(87)46(19-9-10-25-61)79-51(86)45(62)22-24-49(84)85/h7-8,11,14-16,18,34-37,40-43,45-47,50H,6,9-10,12-13,17,19-33,61-62H2,1-5H3,(H2,63,83)(H,74,89)(H,75,87)(H,79,86)(H,81,88)(H,84,85)(H4,64,65,68)(H4,66,67,69)(H2,70,78,92)(H2,71,80,93)(H2,72,77,91)(H2,73,76,90)/t36-,37-,40-,41-,42-,43-,45-,46-,47-,50-/m0/s1. The van der Waals surface area contributed by atoms with Crippen molar-refractivity contribution < 1.29 is 57.8 Å². The molecule has 0 unspecified atom stereocenters. The maximum absolute atomic E-state index is 14.1. The lowest BCUT2D eigenvalue weighted by molar-refractivity contribution is -0.137. The summed E-state index contributed by atoms with van der Waals surface area (Å²) in [6, 6.07) is 2.17. The van der Waals surface area contributed by atoms with Gasteiger partial charge in [0, 0.05) is 70.2 Å². The number of carboxylic acids is 1. The molecule has 2 aromatic rings. The molecule has 33 heteroatoms. The van der Waals surface area contributed by atoms with Crippen molar-refractivity contribution in [2.24, 2.45) is 62.0 Å². The largest absolute Gasteiger partial charge is 0.481 e. The van der Waals surface area contributed by atoms with Gasteiger partial charge in [-0.3, -0.25) is 38.8 Å². The van der Waals surface area contributed by atoms with Crippen molar-refractivity contribution in [3.8, 4) is 0 Å². The Labute approximate surface area is 543 Å². The maximum atomic E-state index is 14.1. The summed E-state index contributed by atoms with van der Waals surface area (Å²) in [4.78, 5) is 151. The Morgan fingerprint density at radius 2 is 1.05 bits per heavy atom. The monoisotopic (exact) mass is 1310 g/mol. The average Bonchev–Trinajstić information content (AvgIpc) is 1.01. The van der Waals surface area contributed by atoms with Crippen LogP contribution in [0.5, 0.6) is 0 Å². The molecule has 0 saturated carbocycles. The van der Waals surface area contributed by atoms with Crippen LogP contribution in [0.1, 0.15) is 124 Å². The van der Waals surface area contributed by atoms with Gasteiger partial charge in [0.2, 0.25) is 29.5 Å². The smallest absolute Gasteiger partial charge is 0.315 e. The van der Waals surface area contributed by atoms with Gasteiger partial charge in [-0.2, -0.15) is 0 Å². The number of unbranched alkanes of at least 4 members (excludes halogenated alkanes) is 1. The van der Waals surface area contributed by atoms with Gasteiger partial charge in [-0.05, 0) is 112 Å². The van der Waals surface area contributed by atoms with Gasteiger partial charge in [-0.15, -0.1) is 0 Å². The number of rotatable bonds is 45. The molecule has 0 bridgehead atoms. The van der Waals surface area contributed by atoms with Crippen LogP contribution in [0.4, 0.5) is 19.2 Å². The fraction of sp³-hybridized carbons (Fsp3) is 0.617. The van der Waals surface area contributed by atoms with Gasteiger partial charge in [0.05, 0.1) is 18.1 Å². The third kappa shape index (κ3) is 34.7. The topological polar surface area (TPSA) is 559 Å². The number of aliphatic carboxylic acids is 1. The third-order valence-electron chi connectivity index (χ3n) is 14.8. The van der Waals surface area contributed by atoms with Crippen molar-refractivity contribution in [1.29, 1.82) is 0 Å². The summed E-state index contributed by atoms with van der Waals surface area (Å²) in [5.74, 6) is -5.05. The number of amides is 13. The first-order chi connectivity index (χ1) is 44.1. The number of guanidine groups is 2. The van der Waals surface area contributed by atoms with E-state index in [9.17, 15) is 52.7 Å². The van der Waals surface area contributed by atoms with E-state index in [2.05, 4.69) is 73.8 Å². The minimum Gasteiger partial charge on any atom is -0.481 e. The first-order valence-corrected chi connectivity index (χ1v) is 31.5. The van der Waals surface area contributed by atoms with E-state index in [-0.39, 0.29) is 121 Å². The predicted molar refractivity (Wildman–Crippen MR) is 353 cm³/mol. The normalized spacial score (nSPS) is 14.2. The van der Waals surface area contributed by atoms with Gasteiger partial charge in [-0.1, -0.05) is 76.6 Å². The summed E-state index contributed by atoms with van der Waals surface area (Å²) >= 11 is 0. The summed E-state index contributed by atoms with van der Waals surface area (Å²) in [6.07, 6.45) is 3.10. The van der Waals surface area contributed by atoms with Crippen LogP contribution in [0.2, 0.25) is 0 Å². The number of primary amides is 1. The number of carbonyl (C=O) groups is 11. The summed E-state index contributed by atoms with van der Waals surface area (Å²) in [5.41, 5.74) is 40.1. The fourth-order valence-corrected chi connectivity index (χ4v) is 9.60. The predicted octanol–water partition coefficient (Wildman–Crippen LogP) is -2.00. The number of urea groups is 4. The van der Waals surface area contributed by atoms with Crippen molar-refractivity contribution in [3.05, 3.63) is 48.0 Å². The molecule has 10 atom stereocenters. The molecule has 2 aromatic carbocycles. The Kier molecular flexibility index (Phi) is 38.0. The molecule has 0 spiro atoms.